The van der Waals surface area contributed by atoms with Crippen LogP contribution in [0.3, 0.4) is 0 Å². The minimum atomic E-state index is -4.22. The van der Waals surface area contributed by atoms with Crippen LogP contribution in [-0.2, 0) is 4.79 Å². The molecule has 2 aliphatic rings. The molecule has 1 unspecified atom stereocenters. The number of hydrogen-bond donors (Lipinski definition) is 1. The third-order valence-electron chi connectivity index (χ3n) is 3.93. The van der Waals surface area contributed by atoms with Gasteiger partial charge in [0.2, 0.25) is 5.91 Å². The van der Waals surface area contributed by atoms with E-state index in [1.165, 1.54) is 0 Å². The Morgan fingerprint density at radius 1 is 1.42 bits per heavy atom. The van der Waals surface area contributed by atoms with E-state index in [1.807, 2.05) is 6.92 Å². The van der Waals surface area contributed by atoms with E-state index in [2.05, 4.69) is 5.32 Å². The van der Waals surface area contributed by atoms with Gasteiger partial charge in [-0.25, -0.2) is 0 Å². The highest BCUT2D eigenvalue weighted by atomic mass is 32.2. The van der Waals surface area contributed by atoms with Gasteiger partial charge in [0.05, 0.1) is 11.7 Å². The van der Waals surface area contributed by atoms with Crippen LogP contribution < -0.4 is 5.32 Å². The van der Waals surface area contributed by atoms with E-state index in [9.17, 15) is 18.0 Å². The lowest BCUT2D eigenvalue weighted by atomic mass is 9.98. The van der Waals surface area contributed by atoms with Crippen molar-refractivity contribution in [3.63, 3.8) is 0 Å². The fraction of sp³-hybridized carbons (Fsp3) is 0.917. The van der Waals surface area contributed by atoms with E-state index in [4.69, 9.17) is 0 Å². The molecule has 0 aromatic heterocycles. The van der Waals surface area contributed by atoms with Gasteiger partial charge in [-0.15, -0.1) is 0 Å². The number of hydrogen-bond acceptors (Lipinski definition) is 3. The number of thioether (sulfide) groups is 1. The molecular weight excluding hydrogens is 277 g/mol. The lowest BCUT2D eigenvalue weighted by molar-refractivity contribution is -0.133. The summed E-state index contributed by atoms with van der Waals surface area (Å²) in [5.41, 5.74) is -4.70. The number of amides is 1. The van der Waals surface area contributed by atoms with Crippen molar-refractivity contribution in [2.75, 3.05) is 12.3 Å². The van der Waals surface area contributed by atoms with Crippen LogP contribution in [0.1, 0.15) is 39.0 Å². The third kappa shape index (κ3) is 3.18. The zero-order valence-corrected chi connectivity index (χ0v) is 11.7. The summed E-state index contributed by atoms with van der Waals surface area (Å²) in [6.07, 6.45) is 4.26. The quantitative estimate of drug-likeness (QED) is 0.866. The molecule has 1 atom stereocenters. The zero-order chi connectivity index (χ0) is 14.1. The molecule has 1 spiro atoms. The summed E-state index contributed by atoms with van der Waals surface area (Å²) < 4.78 is 36.4. The van der Waals surface area contributed by atoms with Gasteiger partial charge in [-0.3, -0.25) is 10.1 Å². The Hall–Kier alpha value is -0.430. The monoisotopic (exact) mass is 296 g/mol. The number of carbonyl (C=O) groups is 1. The molecule has 1 N–H and O–H groups in total. The number of halogens is 3. The molecule has 2 fully saturated rings. The fourth-order valence-electron chi connectivity index (χ4n) is 3.05. The largest absolute Gasteiger partial charge is 0.441 e. The molecule has 19 heavy (non-hydrogen) atoms. The third-order valence-corrected chi connectivity index (χ3v) is 4.65. The smallest absolute Gasteiger partial charge is 0.325 e. The van der Waals surface area contributed by atoms with E-state index >= 15 is 0 Å². The second-order valence-electron chi connectivity index (χ2n) is 5.15. The molecule has 1 amide bonds. The molecule has 0 radical (unpaired) electrons. The normalized spacial score (nSPS) is 26.6. The maximum absolute atomic E-state index is 12.4. The van der Waals surface area contributed by atoms with Crippen LogP contribution in [0, 0.1) is 0 Å². The van der Waals surface area contributed by atoms with Crippen molar-refractivity contribution in [1.29, 1.82) is 0 Å². The number of rotatable bonds is 4. The van der Waals surface area contributed by atoms with E-state index in [0.29, 0.717) is 0 Å². The summed E-state index contributed by atoms with van der Waals surface area (Å²) in [7, 11) is 0. The van der Waals surface area contributed by atoms with Crippen LogP contribution in [0.5, 0.6) is 0 Å². The summed E-state index contributed by atoms with van der Waals surface area (Å²) >= 11 is -0.0557. The van der Waals surface area contributed by atoms with Gasteiger partial charge in [-0.2, -0.15) is 13.2 Å². The van der Waals surface area contributed by atoms with E-state index in [0.717, 1.165) is 32.1 Å². The molecule has 7 heteroatoms. The van der Waals surface area contributed by atoms with Gasteiger partial charge in [-0.05, 0) is 31.0 Å². The van der Waals surface area contributed by atoms with Gasteiger partial charge in [0.15, 0.2) is 0 Å². The highest BCUT2D eigenvalue weighted by Crippen LogP contribution is 2.37. The summed E-state index contributed by atoms with van der Waals surface area (Å²) in [5, 5.41) is 3.35. The van der Waals surface area contributed by atoms with Crippen molar-refractivity contribution >= 4 is 17.7 Å². The average molecular weight is 296 g/mol. The predicted molar refractivity (Wildman–Crippen MR) is 68.6 cm³/mol. The van der Waals surface area contributed by atoms with Crippen LogP contribution in [0.15, 0.2) is 0 Å². The van der Waals surface area contributed by atoms with E-state index < -0.39 is 11.0 Å². The maximum atomic E-state index is 12.4. The van der Waals surface area contributed by atoms with Crippen molar-refractivity contribution in [3.8, 4) is 0 Å². The summed E-state index contributed by atoms with van der Waals surface area (Å²) in [6.45, 7) is 2.11. The highest BCUT2D eigenvalue weighted by Gasteiger charge is 2.51. The van der Waals surface area contributed by atoms with Gasteiger partial charge in [-0.1, -0.05) is 19.8 Å². The molecule has 110 valence electrons. The second kappa shape index (κ2) is 5.52. The number of carbonyl (C=O) groups excluding carboxylic acids is 1. The van der Waals surface area contributed by atoms with E-state index in [-0.39, 0.29) is 36.1 Å². The molecule has 1 saturated heterocycles. The first-order valence-electron chi connectivity index (χ1n) is 6.67. The Labute approximate surface area is 115 Å². The SMILES string of the molecule is CCC1NC2(CCCC2)C(=O)N1CCSC(F)(F)F. The van der Waals surface area contributed by atoms with Crippen molar-refractivity contribution in [2.45, 2.75) is 56.2 Å². The molecule has 2 rings (SSSR count). The van der Waals surface area contributed by atoms with Crippen LogP contribution in [0.2, 0.25) is 0 Å². The molecule has 0 bridgehead atoms. The summed E-state index contributed by atoms with van der Waals surface area (Å²) in [5.74, 6) is -0.0941. The van der Waals surface area contributed by atoms with Crippen LogP contribution in [0.4, 0.5) is 13.2 Å². The molecule has 1 aliphatic heterocycles. The molecule has 3 nitrogen and oxygen atoms in total. The highest BCUT2D eigenvalue weighted by molar-refractivity contribution is 8.00. The Morgan fingerprint density at radius 2 is 2.05 bits per heavy atom. The van der Waals surface area contributed by atoms with Crippen LogP contribution >= 0.6 is 11.8 Å². The van der Waals surface area contributed by atoms with Crippen molar-refractivity contribution in [3.05, 3.63) is 0 Å². The molecule has 1 aliphatic carbocycles. The number of nitrogens with zero attached hydrogens (tertiary/aromatic N) is 1. The van der Waals surface area contributed by atoms with Gasteiger partial charge < -0.3 is 4.90 Å². The molecule has 1 heterocycles. The minimum Gasteiger partial charge on any atom is -0.325 e. The average Bonchev–Trinajstić information content (AvgIpc) is 2.88. The predicted octanol–water partition coefficient (Wildman–Crippen LogP) is 2.72. The fourth-order valence-corrected chi connectivity index (χ4v) is 3.57. The molecule has 1 saturated carbocycles. The van der Waals surface area contributed by atoms with Crippen LogP contribution in [0.25, 0.3) is 0 Å². The standard InChI is InChI=1S/C12H19F3N2OS/c1-2-9-16-11(5-3-4-6-11)10(18)17(9)7-8-19-12(13,14)15/h9,16H,2-8H2,1H3. The first kappa shape index (κ1) is 15.0. The summed E-state index contributed by atoms with van der Waals surface area (Å²) in [4.78, 5) is 14.0. The van der Waals surface area contributed by atoms with Gasteiger partial charge in [0, 0.05) is 12.3 Å². The van der Waals surface area contributed by atoms with Gasteiger partial charge >= 0.3 is 5.51 Å². The van der Waals surface area contributed by atoms with Gasteiger partial charge in [0.25, 0.3) is 0 Å². The zero-order valence-electron chi connectivity index (χ0n) is 10.9. The Kier molecular flexibility index (Phi) is 4.35. The Bertz CT molecular complexity index is 342. The Balaban J connectivity index is 1.96. The Morgan fingerprint density at radius 3 is 2.58 bits per heavy atom. The lowest BCUT2D eigenvalue weighted by Crippen LogP contribution is -2.44. The van der Waals surface area contributed by atoms with Crippen molar-refractivity contribution in [2.24, 2.45) is 0 Å². The second-order valence-corrected chi connectivity index (χ2v) is 6.31. The lowest BCUT2D eigenvalue weighted by Gasteiger charge is -2.23. The van der Waals surface area contributed by atoms with Crippen LogP contribution in [-0.4, -0.2) is 40.3 Å². The maximum Gasteiger partial charge on any atom is 0.441 e. The molecular formula is C12H19F3N2OS. The summed E-state index contributed by atoms with van der Waals surface area (Å²) in [6, 6.07) is 0. The van der Waals surface area contributed by atoms with Gasteiger partial charge in [0.1, 0.15) is 0 Å². The molecule has 0 aromatic carbocycles. The van der Waals surface area contributed by atoms with Crippen molar-refractivity contribution in [1.82, 2.24) is 10.2 Å². The van der Waals surface area contributed by atoms with Crippen molar-refractivity contribution < 1.29 is 18.0 Å². The first-order chi connectivity index (χ1) is 8.88. The minimum absolute atomic E-state index is 0.000348. The number of nitrogens with one attached hydrogen (secondary N) is 1. The molecule has 0 aromatic rings. The van der Waals surface area contributed by atoms with E-state index in [1.54, 1.807) is 4.90 Å². The topological polar surface area (TPSA) is 32.3 Å². The number of alkyl halides is 3. The first-order valence-corrected chi connectivity index (χ1v) is 7.66.